The molecule has 30 heavy (non-hydrogen) atoms. The predicted molar refractivity (Wildman–Crippen MR) is 127 cm³/mol. The third-order valence-corrected chi connectivity index (χ3v) is 5.94. The molecular weight excluding hydrogens is 536 g/mol. The van der Waals surface area contributed by atoms with Gasteiger partial charge in [-0.3, -0.25) is 9.59 Å². The van der Waals surface area contributed by atoms with Crippen molar-refractivity contribution in [3.8, 4) is 5.75 Å². The van der Waals surface area contributed by atoms with E-state index in [-0.39, 0.29) is 31.0 Å². The van der Waals surface area contributed by atoms with Crippen LogP contribution in [-0.4, -0.2) is 35.4 Å². The van der Waals surface area contributed by atoms with Crippen LogP contribution in [-0.2, 0) is 16.1 Å². The van der Waals surface area contributed by atoms with E-state index in [1.54, 1.807) is 25.1 Å². The van der Waals surface area contributed by atoms with E-state index in [4.69, 9.17) is 16.3 Å². The summed E-state index contributed by atoms with van der Waals surface area (Å²) in [5, 5.41) is 3.34. The molecule has 2 aromatic carbocycles. The third-order valence-electron chi connectivity index (χ3n) is 4.66. The van der Waals surface area contributed by atoms with E-state index in [9.17, 15) is 9.59 Å². The molecule has 0 radical (unpaired) electrons. The molecule has 0 saturated heterocycles. The molecule has 0 aliphatic rings. The SMILES string of the molecule is CC[C@H](C)NC(=O)[C@H](C)N(Cc1cccc(Br)c1)C(=O)COc1ccc(Br)cc1Cl. The van der Waals surface area contributed by atoms with Crippen LogP contribution in [0.5, 0.6) is 5.75 Å². The molecule has 162 valence electrons. The van der Waals surface area contributed by atoms with Crippen LogP contribution in [0.1, 0.15) is 32.8 Å². The first-order chi connectivity index (χ1) is 14.2. The highest BCUT2D eigenvalue weighted by atomic mass is 79.9. The normalized spacial score (nSPS) is 12.7. The van der Waals surface area contributed by atoms with Crippen molar-refractivity contribution in [1.29, 1.82) is 0 Å². The van der Waals surface area contributed by atoms with Crippen LogP contribution in [0.3, 0.4) is 0 Å². The third kappa shape index (κ3) is 7.29. The lowest BCUT2D eigenvalue weighted by atomic mass is 10.1. The standard InChI is InChI=1S/C22H25Br2ClN2O3/c1-4-14(2)26-22(29)15(3)27(12-16-6-5-7-17(23)10-16)21(28)13-30-20-9-8-18(24)11-19(20)25/h5-11,14-15H,4,12-13H2,1-3H3,(H,26,29)/t14-,15-/m0/s1. The number of benzene rings is 2. The van der Waals surface area contributed by atoms with Gasteiger partial charge >= 0.3 is 0 Å². The number of nitrogens with zero attached hydrogens (tertiary/aromatic N) is 1. The van der Waals surface area contributed by atoms with Crippen LogP contribution >= 0.6 is 43.5 Å². The molecule has 2 rings (SSSR count). The fraction of sp³-hybridized carbons (Fsp3) is 0.364. The van der Waals surface area contributed by atoms with Crippen molar-refractivity contribution in [3.63, 3.8) is 0 Å². The summed E-state index contributed by atoms with van der Waals surface area (Å²) in [5.41, 5.74) is 0.905. The maximum Gasteiger partial charge on any atom is 0.261 e. The van der Waals surface area contributed by atoms with Gasteiger partial charge in [-0.1, -0.05) is 62.5 Å². The molecule has 2 aromatic rings. The van der Waals surface area contributed by atoms with Gasteiger partial charge in [-0.15, -0.1) is 0 Å². The van der Waals surface area contributed by atoms with Gasteiger partial charge in [-0.2, -0.15) is 0 Å². The van der Waals surface area contributed by atoms with Crippen LogP contribution in [0.25, 0.3) is 0 Å². The molecule has 8 heteroatoms. The van der Waals surface area contributed by atoms with Crippen molar-refractivity contribution in [2.24, 2.45) is 0 Å². The summed E-state index contributed by atoms with van der Waals surface area (Å²) >= 11 is 13.0. The van der Waals surface area contributed by atoms with E-state index in [1.807, 2.05) is 38.1 Å². The van der Waals surface area contributed by atoms with E-state index in [2.05, 4.69) is 37.2 Å². The molecule has 1 N–H and O–H groups in total. The number of carbonyl (C=O) groups excluding carboxylic acids is 2. The number of hydrogen-bond acceptors (Lipinski definition) is 3. The number of hydrogen-bond donors (Lipinski definition) is 1. The van der Waals surface area contributed by atoms with Crippen molar-refractivity contribution in [2.75, 3.05) is 6.61 Å². The minimum absolute atomic E-state index is 0.0283. The van der Waals surface area contributed by atoms with Gasteiger partial charge in [0.1, 0.15) is 11.8 Å². The van der Waals surface area contributed by atoms with Gasteiger partial charge in [-0.05, 0) is 56.2 Å². The molecule has 0 heterocycles. The van der Waals surface area contributed by atoms with E-state index >= 15 is 0 Å². The minimum Gasteiger partial charge on any atom is -0.482 e. The zero-order valence-corrected chi connectivity index (χ0v) is 21.1. The lowest BCUT2D eigenvalue weighted by Gasteiger charge is -2.29. The summed E-state index contributed by atoms with van der Waals surface area (Å²) in [5.74, 6) is -0.0949. The molecule has 0 aliphatic heterocycles. The minimum atomic E-state index is -0.658. The Morgan fingerprint density at radius 3 is 2.47 bits per heavy atom. The highest BCUT2D eigenvalue weighted by molar-refractivity contribution is 9.10. The highest BCUT2D eigenvalue weighted by Gasteiger charge is 2.27. The van der Waals surface area contributed by atoms with Crippen LogP contribution in [0.15, 0.2) is 51.4 Å². The van der Waals surface area contributed by atoms with E-state index in [0.717, 1.165) is 20.9 Å². The van der Waals surface area contributed by atoms with Gasteiger partial charge in [0.25, 0.3) is 5.91 Å². The van der Waals surface area contributed by atoms with Gasteiger partial charge < -0.3 is 15.0 Å². The van der Waals surface area contributed by atoms with Gasteiger partial charge in [0.2, 0.25) is 5.91 Å². The first-order valence-corrected chi connectivity index (χ1v) is 11.6. The Bertz CT molecular complexity index is 894. The molecule has 0 unspecified atom stereocenters. The topological polar surface area (TPSA) is 58.6 Å². The van der Waals surface area contributed by atoms with Crippen LogP contribution in [0.2, 0.25) is 5.02 Å². The van der Waals surface area contributed by atoms with Crippen molar-refractivity contribution < 1.29 is 14.3 Å². The van der Waals surface area contributed by atoms with Gasteiger partial charge in [-0.25, -0.2) is 0 Å². The van der Waals surface area contributed by atoms with Gasteiger partial charge in [0.15, 0.2) is 6.61 Å². The van der Waals surface area contributed by atoms with E-state index in [1.165, 1.54) is 4.90 Å². The largest absolute Gasteiger partial charge is 0.482 e. The number of halogens is 3. The number of amides is 2. The zero-order chi connectivity index (χ0) is 22.3. The molecule has 2 atom stereocenters. The van der Waals surface area contributed by atoms with E-state index < -0.39 is 6.04 Å². The average molecular weight is 561 g/mol. The number of nitrogens with one attached hydrogen (secondary N) is 1. The quantitative estimate of drug-likeness (QED) is 0.436. The monoisotopic (exact) mass is 558 g/mol. The Hall–Kier alpha value is -1.57. The summed E-state index contributed by atoms with van der Waals surface area (Å²) in [6, 6.07) is 12.2. The van der Waals surface area contributed by atoms with Crippen LogP contribution < -0.4 is 10.1 Å². The summed E-state index contributed by atoms with van der Waals surface area (Å²) in [4.78, 5) is 27.3. The Morgan fingerprint density at radius 1 is 1.13 bits per heavy atom. The number of rotatable bonds is 9. The molecule has 0 saturated carbocycles. The smallest absolute Gasteiger partial charge is 0.261 e. The molecule has 0 spiro atoms. The predicted octanol–water partition coefficient (Wildman–Crippen LogP) is 5.58. The molecular formula is C22H25Br2ClN2O3. The van der Waals surface area contributed by atoms with Crippen molar-refractivity contribution in [2.45, 2.75) is 45.8 Å². The number of carbonyl (C=O) groups is 2. The average Bonchev–Trinajstić information content (AvgIpc) is 2.70. The van der Waals surface area contributed by atoms with E-state index in [0.29, 0.717) is 10.8 Å². The Kier molecular flexibility index (Phi) is 9.65. The lowest BCUT2D eigenvalue weighted by molar-refractivity contribution is -0.142. The zero-order valence-electron chi connectivity index (χ0n) is 17.1. The highest BCUT2D eigenvalue weighted by Crippen LogP contribution is 2.27. The molecule has 0 aliphatic carbocycles. The molecule has 2 amide bonds. The van der Waals surface area contributed by atoms with Gasteiger partial charge in [0, 0.05) is 21.5 Å². The molecule has 5 nitrogen and oxygen atoms in total. The fourth-order valence-electron chi connectivity index (χ4n) is 2.69. The van der Waals surface area contributed by atoms with Crippen molar-refractivity contribution in [1.82, 2.24) is 10.2 Å². The Balaban J connectivity index is 2.18. The second kappa shape index (κ2) is 11.7. The summed E-state index contributed by atoms with van der Waals surface area (Å²) in [6.07, 6.45) is 0.809. The summed E-state index contributed by atoms with van der Waals surface area (Å²) < 4.78 is 7.37. The maximum absolute atomic E-state index is 13.0. The first-order valence-electron chi connectivity index (χ1n) is 9.63. The molecule has 0 bridgehead atoms. The van der Waals surface area contributed by atoms with Crippen LogP contribution in [0.4, 0.5) is 0 Å². The Labute approximate surface area is 199 Å². The molecule has 0 aromatic heterocycles. The van der Waals surface area contributed by atoms with Gasteiger partial charge in [0.05, 0.1) is 5.02 Å². The second-order valence-electron chi connectivity index (χ2n) is 7.01. The van der Waals surface area contributed by atoms with Crippen molar-refractivity contribution >= 4 is 55.3 Å². The number of ether oxygens (including phenoxy) is 1. The van der Waals surface area contributed by atoms with Crippen LogP contribution in [0, 0.1) is 0 Å². The maximum atomic E-state index is 13.0. The summed E-state index contributed by atoms with van der Waals surface area (Å²) in [6.45, 7) is 5.71. The Morgan fingerprint density at radius 2 is 1.83 bits per heavy atom. The molecule has 0 fully saturated rings. The lowest BCUT2D eigenvalue weighted by Crippen LogP contribution is -2.50. The first kappa shape index (κ1) is 24.7. The van der Waals surface area contributed by atoms with Crippen molar-refractivity contribution in [3.05, 3.63) is 62.0 Å². The summed E-state index contributed by atoms with van der Waals surface area (Å²) in [7, 11) is 0. The second-order valence-corrected chi connectivity index (χ2v) is 9.25. The fourth-order valence-corrected chi connectivity index (χ4v) is 3.87.